The van der Waals surface area contributed by atoms with Gasteiger partial charge in [0, 0.05) is 0 Å². The van der Waals surface area contributed by atoms with Crippen LogP contribution in [0.15, 0.2) is 48.5 Å². The van der Waals surface area contributed by atoms with Crippen molar-refractivity contribution in [1.82, 2.24) is 0 Å². The van der Waals surface area contributed by atoms with Gasteiger partial charge in [0.25, 0.3) is 0 Å². The van der Waals surface area contributed by atoms with E-state index in [0.29, 0.717) is 5.75 Å². The lowest BCUT2D eigenvalue weighted by Crippen LogP contribution is -2.06. The van der Waals surface area contributed by atoms with Crippen LogP contribution in [0.4, 0.5) is 18.0 Å². The van der Waals surface area contributed by atoms with Gasteiger partial charge in [0.15, 0.2) is 0 Å². The molecule has 0 N–H and O–H groups in total. The smallest absolute Gasteiger partial charge is 0.457 e. The highest BCUT2D eigenvalue weighted by Gasteiger charge is 2.30. The second kappa shape index (κ2) is 6.38. The average molecular weight is 312 g/mol. The first-order valence-corrected chi connectivity index (χ1v) is 6.09. The van der Waals surface area contributed by atoms with E-state index in [0.717, 1.165) is 12.1 Å². The molecule has 0 aromatic heterocycles. The lowest BCUT2D eigenvalue weighted by atomic mass is 10.2. The van der Waals surface area contributed by atoms with Gasteiger partial charge in [0.1, 0.15) is 17.2 Å². The molecule has 0 atom stereocenters. The van der Waals surface area contributed by atoms with Crippen LogP contribution in [0.5, 0.6) is 17.2 Å². The third-order valence-electron chi connectivity index (χ3n) is 2.61. The Bertz CT molecular complexity index is 633. The van der Waals surface area contributed by atoms with E-state index in [4.69, 9.17) is 9.47 Å². The molecule has 22 heavy (non-hydrogen) atoms. The molecule has 0 amide bonds. The highest BCUT2D eigenvalue weighted by Crippen LogP contribution is 2.31. The minimum atomic E-state index is -4.38. The van der Waals surface area contributed by atoms with Gasteiger partial charge >= 0.3 is 12.3 Å². The lowest BCUT2D eigenvalue weighted by Gasteiger charge is -2.09. The molecule has 0 saturated heterocycles. The molecule has 116 valence electrons. The summed E-state index contributed by atoms with van der Waals surface area (Å²) in [4.78, 5) is 10.9. The van der Waals surface area contributed by atoms with E-state index in [9.17, 15) is 18.0 Å². The molecule has 4 nitrogen and oxygen atoms in total. The largest absolute Gasteiger partial charge is 0.513 e. The summed E-state index contributed by atoms with van der Waals surface area (Å²) in [5, 5.41) is 0. The number of methoxy groups -OCH3 is 1. The Morgan fingerprint density at radius 3 is 1.77 bits per heavy atom. The van der Waals surface area contributed by atoms with Crippen LogP contribution in [-0.2, 0) is 10.9 Å². The van der Waals surface area contributed by atoms with Crippen molar-refractivity contribution < 1.29 is 32.2 Å². The quantitative estimate of drug-likeness (QED) is 0.611. The summed E-state index contributed by atoms with van der Waals surface area (Å²) in [6.45, 7) is 0. The summed E-state index contributed by atoms with van der Waals surface area (Å²) < 4.78 is 51.8. The molecule has 0 radical (unpaired) electrons. The number of hydrogen-bond acceptors (Lipinski definition) is 4. The van der Waals surface area contributed by atoms with Crippen molar-refractivity contribution >= 4 is 6.16 Å². The standard InChI is InChI=1S/C15H11F3O4/c1-20-14(19)22-13-8-6-12(7-9-13)21-11-4-2-10(3-5-11)15(16,17)18/h2-9H,1H3. The van der Waals surface area contributed by atoms with Crippen LogP contribution in [0.3, 0.4) is 0 Å². The molecule has 0 aliphatic rings. The number of carbonyl (C=O) groups excluding carboxylic acids is 1. The van der Waals surface area contributed by atoms with Gasteiger partial charge in [-0.05, 0) is 48.5 Å². The number of halogens is 3. The predicted octanol–water partition coefficient (Wildman–Crippen LogP) is 4.64. The number of carbonyl (C=O) groups is 1. The molecule has 0 aliphatic carbocycles. The summed E-state index contributed by atoms with van der Waals surface area (Å²) in [5.41, 5.74) is -0.748. The van der Waals surface area contributed by atoms with E-state index in [1.54, 1.807) is 0 Å². The topological polar surface area (TPSA) is 44.8 Å². The zero-order valence-electron chi connectivity index (χ0n) is 11.4. The first-order chi connectivity index (χ1) is 10.4. The van der Waals surface area contributed by atoms with Gasteiger partial charge in [0.2, 0.25) is 0 Å². The van der Waals surface area contributed by atoms with E-state index in [1.165, 1.54) is 43.5 Å². The fourth-order valence-electron chi connectivity index (χ4n) is 1.56. The second-order valence-electron chi connectivity index (χ2n) is 4.15. The normalized spacial score (nSPS) is 10.9. The maximum absolute atomic E-state index is 12.4. The second-order valence-corrected chi connectivity index (χ2v) is 4.15. The lowest BCUT2D eigenvalue weighted by molar-refractivity contribution is -0.137. The third kappa shape index (κ3) is 4.15. The molecule has 0 saturated carbocycles. The molecule has 0 spiro atoms. The summed E-state index contributed by atoms with van der Waals surface area (Å²) >= 11 is 0. The van der Waals surface area contributed by atoms with Crippen molar-refractivity contribution in [3.8, 4) is 17.2 Å². The third-order valence-corrected chi connectivity index (χ3v) is 2.61. The van der Waals surface area contributed by atoms with Crippen LogP contribution in [0.1, 0.15) is 5.56 Å². The first kappa shape index (κ1) is 15.7. The Kier molecular flexibility index (Phi) is 4.55. The zero-order chi connectivity index (χ0) is 16.2. The van der Waals surface area contributed by atoms with Crippen molar-refractivity contribution in [3.05, 3.63) is 54.1 Å². The van der Waals surface area contributed by atoms with Crippen LogP contribution >= 0.6 is 0 Å². The Balaban J connectivity index is 2.03. The molecule has 2 rings (SSSR count). The molecular formula is C15H11F3O4. The van der Waals surface area contributed by atoms with Crippen molar-refractivity contribution in [3.63, 3.8) is 0 Å². The van der Waals surface area contributed by atoms with Crippen molar-refractivity contribution in [2.75, 3.05) is 7.11 Å². The Labute approximate surface area is 124 Å². The number of benzene rings is 2. The molecule has 0 unspecified atom stereocenters. The molecule has 0 fully saturated rings. The zero-order valence-corrected chi connectivity index (χ0v) is 11.4. The molecule has 0 heterocycles. The Morgan fingerprint density at radius 1 is 0.864 bits per heavy atom. The fraction of sp³-hybridized carbons (Fsp3) is 0.133. The monoisotopic (exact) mass is 312 g/mol. The summed E-state index contributed by atoms with van der Waals surface area (Å²) in [6.07, 6.45) is -5.23. The van der Waals surface area contributed by atoms with Crippen molar-refractivity contribution in [2.24, 2.45) is 0 Å². The SMILES string of the molecule is COC(=O)Oc1ccc(Oc2ccc(C(F)(F)F)cc2)cc1. The number of rotatable bonds is 3. The molecular weight excluding hydrogens is 301 g/mol. The number of ether oxygens (including phenoxy) is 3. The fourth-order valence-corrected chi connectivity index (χ4v) is 1.56. The maximum Gasteiger partial charge on any atom is 0.513 e. The van der Waals surface area contributed by atoms with Gasteiger partial charge in [-0.1, -0.05) is 0 Å². The van der Waals surface area contributed by atoms with Crippen LogP contribution in [-0.4, -0.2) is 13.3 Å². The van der Waals surface area contributed by atoms with Gasteiger partial charge < -0.3 is 14.2 Å². The van der Waals surface area contributed by atoms with Crippen LogP contribution < -0.4 is 9.47 Å². The summed E-state index contributed by atoms with van der Waals surface area (Å²) in [5.74, 6) is 0.901. The summed E-state index contributed by atoms with van der Waals surface area (Å²) in [6, 6.07) is 10.3. The van der Waals surface area contributed by atoms with Crippen molar-refractivity contribution in [1.29, 1.82) is 0 Å². The highest BCUT2D eigenvalue weighted by molar-refractivity contribution is 5.63. The summed E-state index contributed by atoms with van der Waals surface area (Å²) in [7, 11) is 1.18. The van der Waals surface area contributed by atoms with Gasteiger partial charge in [-0.25, -0.2) is 4.79 Å². The molecule has 0 bridgehead atoms. The van der Waals surface area contributed by atoms with E-state index in [1.807, 2.05) is 0 Å². The first-order valence-electron chi connectivity index (χ1n) is 6.09. The van der Waals surface area contributed by atoms with E-state index < -0.39 is 17.9 Å². The van der Waals surface area contributed by atoms with Gasteiger partial charge in [-0.2, -0.15) is 13.2 Å². The minimum Gasteiger partial charge on any atom is -0.457 e. The van der Waals surface area contributed by atoms with E-state index >= 15 is 0 Å². The van der Waals surface area contributed by atoms with Gasteiger partial charge in [-0.15, -0.1) is 0 Å². The van der Waals surface area contributed by atoms with Crippen LogP contribution in [0.2, 0.25) is 0 Å². The van der Waals surface area contributed by atoms with Crippen LogP contribution in [0, 0.1) is 0 Å². The maximum atomic E-state index is 12.4. The molecule has 2 aromatic carbocycles. The molecule has 0 aliphatic heterocycles. The van der Waals surface area contributed by atoms with Crippen molar-refractivity contribution in [2.45, 2.75) is 6.18 Å². The molecule has 7 heteroatoms. The van der Waals surface area contributed by atoms with E-state index in [-0.39, 0.29) is 11.5 Å². The Morgan fingerprint density at radius 2 is 1.32 bits per heavy atom. The van der Waals surface area contributed by atoms with Gasteiger partial charge in [-0.3, -0.25) is 0 Å². The Hall–Kier alpha value is -2.70. The average Bonchev–Trinajstić information content (AvgIpc) is 2.49. The predicted molar refractivity (Wildman–Crippen MR) is 71.0 cm³/mol. The molecule has 2 aromatic rings. The number of hydrogen-bond donors (Lipinski definition) is 0. The van der Waals surface area contributed by atoms with Gasteiger partial charge in [0.05, 0.1) is 12.7 Å². The minimum absolute atomic E-state index is 0.256. The van der Waals surface area contributed by atoms with Crippen LogP contribution in [0.25, 0.3) is 0 Å². The van der Waals surface area contributed by atoms with E-state index in [2.05, 4.69) is 4.74 Å². The number of alkyl halides is 3. The highest BCUT2D eigenvalue weighted by atomic mass is 19.4.